The Kier molecular flexibility index (Phi) is 5.29. The SMILES string of the molecule is O=C(Nc1cc(C(F)(F)F)ccc1Cl)c1oc(=O)c2ccccc2c1-c1ccccc1. The van der Waals surface area contributed by atoms with Crippen LogP contribution in [0, 0.1) is 0 Å². The van der Waals surface area contributed by atoms with Crippen LogP contribution in [0.5, 0.6) is 0 Å². The highest BCUT2D eigenvalue weighted by Gasteiger charge is 2.31. The molecule has 0 aliphatic carbocycles. The molecule has 4 nitrogen and oxygen atoms in total. The largest absolute Gasteiger partial charge is 0.416 e. The van der Waals surface area contributed by atoms with Crippen LogP contribution in [-0.4, -0.2) is 5.91 Å². The van der Waals surface area contributed by atoms with Gasteiger partial charge < -0.3 is 9.73 Å². The van der Waals surface area contributed by atoms with Gasteiger partial charge in [0.25, 0.3) is 5.91 Å². The fourth-order valence-corrected chi connectivity index (χ4v) is 3.39. The van der Waals surface area contributed by atoms with E-state index in [2.05, 4.69) is 5.32 Å². The molecule has 0 saturated heterocycles. The van der Waals surface area contributed by atoms with Gasteiger partial charge in [0, 0.05) is 10.9 Å². The van der Waals surface area contributed by atoms with Crippen LogP contribution in [0.4, 0.5) is 18.9 Å². The number of halogens is 4. The second kappa shape index (κ2) is 7.92. The van der Waals surface area contributed by atoms with Crippen LogP contribution in [0.3, 0.4) is 0 Å². The van der Waals surface area contributed by atoms with E-state index in [0.29, 0.717) is 16.5 Å². The van der Waals surface area contributed by atoms with E-state index in [1.807, 2.05) is 0 Å². The monoisotopic (exact) mass is 443 g/mol. The third kappa shape index (κ3) is 4.04. The minimum absolute atomic E-state index is 0.0919. The summed E-state index contributed by atoms with van der Waals surface area (Å²) in [7, 11) is 0. The highest BCUT2D eigenvalue weighted by atomic mass is 35.5. The topological polar surface area (TPSA) is 59.3 Å². The average Bonchev–Trinajstić information content (AvgIpc) is 2.75. The quantitative estimate of drug-likeness (QED) is 0.399. The van der Waals surface area contributed by atoms with Gasteiger partial charge in [0.15, 0.2) is 0 Å². The first kappa shape index (κ1) is 20.7. The molecule has 1 heterocycles. The molecule has 1 aromatic heterocycles. The summed E-state index contributed by atoms with van der Waals surface area (Å²) in [6.07, 6.45) is -4.62. The Morgan fingerprint density at radius 1 is 0.903 bits per heavy atom. The molecular formula is C23H13ClF3NO3. The van der Waals surface area contributed by atoms with Crippen molar-refractivity contribution in [2.45, 2.75) is 6.18 Å². The van der Waals surface area contributed by atoms with Crippen molar-refractivity contribution in [1.29, 1.82) is 0 Å². The zero-order chi connectivity index (χ0) is 22.2. The van der Waals surface area contributed by atoms with E-state index in [1.54, 1.807) is 54.6 Å². The number of anilines is 1. The fourth-order valence-electron chi connectivity index (χ4n) is 3.23. The highest BCUT2D eigenvalue weighted by molar-refractivity contribution is 6.34. The number of carbonyl (C=O) groups is 1. The van der Waals surface area contributed by atoms with E-state index in [1.165, 1.54) is 0 Å². The maximum Gasteiger partial charge on any atom is 0.416 e. The predicted molar refractivity (Wildman–Crippen MR) is 112 cm³/mol. The molecule has 3 aromatic carbocycles. The van der Waals surface area contributed by atoms with E-state index in [-0.39, 0.29) is 21.9 Å². The smallest absolute Gasteiger partial charge is 0.416 e. The Balaban J connectivity index is 1.87. The molecule has 156 valence electrons. The lowest BCUT2D eigenvalue weighted by Gasteiger charge is -2.14. The summed E-state index contributed by atoms with van der Waals surface area (Å²) in [4.78, 5) is 25.5. The second-order valence-corrected chi connectivity index (χ2v) is 7.06. The Morgan fingerprint density at radius 3 is 2.23 bits per heavy atom. The van der Waals surface area contributed by atoms with Crippen LogP contribution < -0.4 is 10.9 Å². The minimum Gasteiger partial charge on any atom is -0.416 e. The highest BCUT2D eigenvalue weighted by Crippen LogP contribution is 2.35. The molecule has 0 spiro atoms. The Bertz CT molecular complexity index is 1350. The summed E-state index contributed by atoms with van der Waals surface area (Å²) in [5, 5.41) is 3.00. The maximum atomic E-state index is 13.1. The van der Waals surface area contributed by atoms with Crippen molar-refractivity contribution < 1.29 is 22.4 Å². The molecule has 0 radical (unpaired) electrons. The van der Waals surface area contributed by atoms with Crippen molar-refractivity contribution in [2.24, 2.45) is 0 Å². The van der Waals surface area contributed by atoms with Crippen LogP contribution in [0.1, 0.15) is 16.1 Å². The molecule has 4 aromatic rings. The summed E-state index contributed by atoms with van der Waals surface area (Å²) in [5.74, 6) is -1.23. The number of rotatable bonds is 3. The number of nitrogens with one attached hydrogen (secondary N) is 1. The van der Waals surface area contributed by atoms with E-state index in [4.69, 9.17) is 16.0 Å². The van der Waals surface area contributed by atoms with E-state index in [0.717, 1.165) is 18.2 Å². The van der Waals surface area contributed by atoms with Crippen molar-refractivity contribution in [3.05, 3.63) is 99.6 Å². The first-order valence-electron chi connectivity index (χ1n) is 9.05. The van der Waals surface area contributed by atoms with Gasteiger partial charge in [-0.1, -0.05) is 60.1 Å². The van der Waals surface area contributed by atoms with Crippen molar-refractivity contribution in [3.63, 3.8) is 0 Å². The Morgan fingerprint density at radius 2 is 1.55 bits per heavy atom. The van der Waals surface area contributed by atoms with Gasteiger partial charge in [0.2, 0.25) is 5.76 Å². The number of carbonyl (C=O) groups excluding carboxylic acids is 1. The third-order valence-electron chi connectivity index (χ3n) is 4.65. The molecule has 0 aliphatic rings. The van der Waals surface area contributed by atoms with Gasteiger partial charge in [-0.3, -0.25) is 4.79 Å². The van der Waals surface area contributed by atoms with Crippen molar-refractivity contribution in [1.82, 2.24) is 0 Å². The van der Waals surface area contributed by atoms with E-state index >= 15 is 0 Å². The van der Waals surface area contributed by atoms with Gasteiger partial charge in [-0.2, -0.15) is 13.2 Å². The number of hydrogen-bond donors (Lipinski definition) is 1. The van der Waals surface area contributed by atoms with Crippen molar-refractivity contribution in [2.75, 3.05) is 5.32 Å². The Hall–Kier alpha value is -3.58. The molecule has 31 heavy (non-hydrogen) atoms. The first-order valence-corrected chi connectivity index (χ1v) is 9.43. The second-order valence-electron chi connectivity index (χ2n) is 6.65. The number of fused-ring (bicyclic) bond motifs is 1. The first-order chi connectivity index (χ1) is 14.8. The van der Waals surface area contributed by atoms with Gasteiger partial charge in [-0.15, -0.1) is 0 Å². The number of amides is 1. The zero-order valence-corrected chi connectivity index (χ0v) is 16.4. The van der Waals surface area contributed by atoms with Gasteiger partial charge in [0.1, 0.15) is 0 Å². The summed E-state index contributed by atoms with van der Waals surface area (Å²) in [5.41, 5.74) is -1.03. The summed E-state index contributed by atoms with van der Waals surface area (Å²) < 4.78 is 44.5. The van der Waals surface area contributed by atoms with Crippen molar-refractivity contribution >= 4 is 34.0 Å². The standard InChI is InChI=1S/C23H13ClF3NO3/c24-17-11-10-14(23(25,26)27)12-18(17)28-21(29)20-19(13-6-2-1-3-7-13)15-8-4-5-9-16(15)22(30)31-20/h1-12H,(H,28,29). The van der Waals surface area contributed by atoms with Crippen LogP contribution in [-0.2, 0) is 6.18 Å². The average molecular weight is 444 g/mol. The fraction of sp³-hybridized carbons (Fsp3) is 0.0435. The number of alkyl halides is 3. The zero-order valence-electron chi connectivity index (χ0n) is 15.7. The molecule has 0 unspecified atom stereocenters. The summed E-state index contributed by atoms with van der Waals surface area (Å²) in [6, 6.07) is 17.9. The van der Waals surface area contributed by atoms with Gasteiger partial charge in [0.05, 0.1) is 21.7 Å². The van der Waals surface area contributed by atoms with Gasteiger partial charge >= 0.3 is 11.8 Å². The van der Waals surface area contributed by atoms with Gasteiger partial charge in [-0.25, -0.2) is 4.79 Å². The number of hydrogen-bond acceptors (Lipinski definition) is 3. The molecule has 1 amide bonds. The molecule has 0 fully saturated rings. The number of benzene rings is 3. The molecule has 0 bridgehead atoms. The molecule has 0 aliphatic heterocycles. The van der Waals surface area contributed by atoms with Crippen LogP contribution >= 0.6 is 11.6 Å². The lowest BCUT2D eigenvalue weighted by atomic mass is 9.98. The predicted octanol–water partition coefficient (Wildman–Crippen LogP) is 6.38. The van der Waals surface area contributed by atoms with Gasteiger partial charge in [-0.05, 0) is 29.8 Å². The third-order valence-corrected chi connectivity index (χ3v) is 4.98. The van der Waals surface area contributed by atoms with Crippen LogP contribution in [0.2, 0.25) is 5.02 Å². The molecule has 1 N–H and O–H groups in total. The molecule has 4 rings (SSSR count). The Labute approximate surface area is 178 Å². The summed E-state index contributed by atoms with van der Waals surface area (Å²) >= 11 is 5.99. The molecule has 0 atom stereocenters. The minimum atomic E-state index is -4.62. The normalized spacial score (nSPS) is 11.5. The van der Waals surface area contributed by atoms with E-state index in [9.17, 15) is 22.8 Å². The molecule has 0 saturated carbocycles. The van der Waals surface area contributed by atoms with Crippen molar-refractivity contribution in [3.8, 4) is 11.1 Å². The lowest BCUT2D eigenvalue weighted by Crippen LogP contribution is -2.17. The lowest BCUT2D eigenvalue weighted by molar-refractivity contribution is -0.137. The molecular weight excluding hydrogens is 431 g/mol. The maximum absolute atomic E-state index is 13.1. The molecule has 8 heteroatoms. The van der Waals surface area contributed by atoms with Crippen LogP contribution in [0.25, 0.3) is 21.9 Å². The summed E-state index contributed by atoms with van der Waals surface area (Å²) in [6.45, 7) is 0. The van der Waals surface area contributed by atoms with Crippen LogP contribution in [0.15, 0.2) is 82.0 Å². The van der Waals surface area contributed by atoms with E-state index < -0.39 is 23.3 Å².